The number of nitrogens with one attached hydrogen (secondary N) is 2. The Bertz CT molecular complexity index is 638. The van der Waals surface area contributed by atoms with E-state index < -0.39 is 0 Å². The zero-order valence-electron chi connectivity index (χ0n) is 13.7. The Labute approximate surface area is 149 Å². The molecule has 2 heterocycles. The first-order valence-electron chi connectivity index (χ1n) is 8.27. The van der Waals surface area contributed by atoms with Gasteiger partial charge in [-0.25, -0.2) is 0 Å². The largest absolute Gasteiger partial charge is 0.467 e. The van der Waals surface area contributed by atoms with Crippen LogP contribution in [0.15, 0.2) is 27.2 Å². The van der Waals surface area contributed by atoms with E-state index in [2.05, 4.69) is 20.8 Å². The minimum Gasteiger partial charge on any atom is -0.467 e. The monoisotopic (exact) mass is 366 g/mol. The van der Waals surface area contributed by atoms with Crippen molar-refractivity contribution in [3.05, 3.63) is 24.2 Å². The first-order chi connectivity index (χ1) is 11.7. The van der Waals surface area contributed by atoms with E-state index in [0.717, 1.165) is 28.1 Å². The van der Waals surface area contributed by atoms with Gasteiger partial charge in [-0.3, -0.25) is 4.79 Å². The van der Waals surface area contributed by atoms with E-state index >= 15 is 0 Å². The maximum Gasteiger partial charge on any atom is 0.233 e. The molecule has 1 aliphatic carbocycles. The number of nitrogens with zero attached hydrogens (tertiary/aromatic N) is 2. The third-order valence-electron chi connectivity index (χ3n) is 4.00. The number of aromatic nitrogens is 2. The molecule has 1 saturated carbocycles. The van der Waals surface area contributed by atoms with Gasteiger partial charge in [0.1, 0.15) is 5.76 Å². The lowest BCUT2D eigenvalue weighted by Crippen LogP contribution is -2.40. The fraction of sp³-hybridized carbons (Fsp3) is 0.562. The molecule has 1 fully saturated rings. The highest BCUT2D eigenvalue weighted by Crippen LogP contribution is 2.29. The van der Waals surface area contributed by atoms with Crippen LogP contribution in [0.5, 0.6) is 0 Å². The predicted molar refractivity (Wildman–Crippen MR) is 96.3 cm³/mol. The van der Waals surface area contributed by atoms with E-state index in [1.165, 1.54) is 42.4 Å². The van der Waals surface area contributed by atoms with Crippen molar-refractivity contribution in [2.24, 2.45) is 0 Å². The molecule has 2 aromatic rings. The quantitative estimate of drug-likeness (QED) is 0.728. The molecule has 0 aliphatic heterocycles. The van der Waals surface area contributed by atoms with Crippen molar-refractivity contribution in [1.82, 2.24) is 15.5 Å². The minimum absolute atomic E-state index is 0.0900. The lowest BCUT2D eigenvalue weighted by Gasteiger charge is -2.24. The first-order valence-corrected chi connectivity index (χ1v) is 9.97. The Morgan fingerprint density at radius 2 is 2.25 bits per heavy atom. The summed E-state index contributed by atoms with van der Waals surface area (Å²) in [5.74, 6) is 0.937. The highest BCUT2D eigenvalue weighted by atomic mass is 32.2. The zero-order valence-corrected chi connectivity index (χ0v) is 15.3. The summed E-state index contributed by atoms with van der Waals surface area (Å²) in [6.45, 7) is 2.49. The third kappa shape index (κ3) is 4.98. The van der Waals surface area contributed by atoms with Crippen LogP contribution in [0.1, 0.15) is 44.8 Å². The number of thioether (sulfide) groups is 1. The molecule has 24 heavy (non-hydrogen) atoms. The predicted octanol–water partition coefficient (Wildman–Crippen LogP) is 3.67. The fourth-order valence-corrected chi connectivity index (χ4v) is 4.58. The summed E-state index contributed by atoms with van der Waals surface area (Å²) in [6.07, 6.45) is 7.56. The Morgan fingerprint density at radius 3 is 3.00 bits per heavy atom. The van der Waals surface area contributed by atoms with Gasteiger partial charge in [-0.15, -0.1) is 10.2 Å². The van der Waals surface area contributed by atoms with Crippen LogP contribution in [0.3, 0.4) is 0 Å². The van der Waals surface area contributed by atoms with Gasteiger partial charge < -0.3 is 15.1 Å². The summed E-state index contributed by atoms with van der Waals surface area (Å²) < 4.78 is 6.06. The topological polar surface area (TPSA) is 80.1 Å². The molecular weight excluding hydrogens is 344 g/mol. The molecule has 0 radical (unpaired) electrons. The van der Waals surface area contributed by atoms with E-state index in [1.54, 1.807) is 6.26 Å². The van der Waals surface area contributed by atoms with Crippen LogP contribution < -0.4 is 10.6 Å². The van der Waals surface area contributed by atoms with Gasteiger partial charge in [-0.2, -0.15) is 0 Å². The smallest absolute Gasteiger partial charge is 0.233 e. The van der Waals surface area contributed by atoms with Gasteiger partial charge >= 0.3 is 0 Å². The van der Waals surface area contributed by atoms with Crippen molar-refractivity contribution in [2.45, 2.75) is 61.2 Å². The molecule has 0 spiro atoms. The van der Waals surface area contributed by atoms with Crippen LogP contribution in [0.4, 0.5) is 5.13 Å². The van der Waals surface area contributed by atoms with Crippen molar-refractivity contribution in [3.63, 3.8) is 0 Å². The molecule has 1 aliphatic rings. The summed E-state index contributed by atoms with van der Waals surface area (Å²) in [5.41, 5.74) is 0. The van der Waals surface area contributed by atoms with Gasteiger partial charge in [-0.05, 0) is 31.9 Å². The highest BCUT2D eigenvalue weighted by Gasteiger charge is 2.21. The Hall–Kier alpha value is -1.54. The molecule has 0 saturated heterocycles. The van der Waals surface area contributed by atoms with Gasteiger partial charge in [0.15, 0.2) is 4.34 Å². The average Bonchev–Trinajstić information content (AvgIpc) is 3.25. The molecule has 2 aromatic heterocycles. The minimum atomic E-state index is -0.169. The molecule has 6 nitrogen and oxygen atoms in total. The van der Waals surface area contributed by atoms with Crippen molar-refractivity contribution >= 4 is 34.1 Å². The highest BCUT2D eigenvalue weighted by molar-refractivity contribution is 8.02. The van der Waals surface area contributed by atoms with Gasteiger partial charge in [-0.1, -0.05) is 42.4 Å². The summed E-state index contributed by atoms with van der Waals surface area (Å²) in [7, 11) is 0. The van der Waals surface area contributed by atoms with Crippen molar-refractivity contribution in [3.8, 4) is 0 Å². The van der Waals surface area contributed by atoms with E-state index in [1.807, 2.05) is 19.1 Å². The number of carbonyl (C=O) groups is 1. The molecule has 1 amide bonds. The number of amides is 1. The number of rotatable bonds is 7. The van der Waals surface area contributed by atoms with Crippen LogP contribution >= 0.6 is 23.1 Å². The lowest BCUT2D eigenvalue weighted by molar-refractivity contribution is -0.121. The standard InChI is InChI=1S/C16H22N4O2S2/c1-11(14(21)18-12-6-3-2-4-7-12)23-16-20-19-15(24-16)17-10-13-8-5-9-22-13/h5,8-9,11-12H,2-4,6-7,10H2,1H3,(H,17,19)(H,18,21)/t11-/m1/s1. The number of anilines is 1. The van der Waals surface area contributed by atoms with Crippen LogP contribution in [-0.4, -0.2) is 27.4 Å². The zero-order chi connectivity index (χ0) is 16.8. The molecule has 130 valence electrons. The van der Waals surface area contributed by atoms with Gasteiger partial charge in [0, 0.05) is 6.04 Å². The summed E-state index contributed by atoms with van der Waals surface area (Å²) in [4.78, 5) is 12.3. The normalized spacial score (nSPS) is 16.7. The number of furan rings is 1. The number of hydrogen-bond donors (Lipinski definition) is 2. The lowest BCUT2D eigenvalue weighted by atomic mass is 9.95. The molecule has 2 N–H and O–H groups in total. The fourth-order valence-electron chi connectivity index (χ4n) is 2.67. The van der Waals surface area contributed by atoms with Crippen molar-refractivity contribution < 1.29 is 9.21 Å². The first kappa shape index (κ1) is 17.3. The maximum atomic E-state index is 12.3. The van der Waals surface area contributed by atoms with Crippen LogP contribution in [0, 0.1) is 0 Å². The SMILES string of the molecule is C[C@@H](Sc1nnc(NCc2ccco2)s1)C(=O)NC1CCCCC1. The van der Waals surface area contributed by atoms with Crippen LogP contribution in [0.25, 0.3) is 0 Å². The molecule has 0 aromatic carbocycles. The number of hydrogen-bond acceptors (Lipinski definition) is 7. The molecule has 0 unspecified atom stereocenters. The van der Waals surface area contributed by atoms with E-state index in [9.17, 15) is 4.79 Å². The van der Waals surface area contributed by atoms with Crippen LogP contribution in [0.2, 0.25) is 0 Å². The van der Waals surface area contributed by atoms with Crippen LogP contribution in [-0.2, 0) is 11.3 Å². The second-order valence-corrected chi connectivity index (χ2v) is 8.48. The Balaban J connectivity index is 1.45. The third-order valence-corrected chi connectivity index (χ3v) is 6.06. The Morgan fingerprint density at radius 1 is 1.42 bits per heavy atom. The van der Waals surface area contributed by atoms with Crippen molar-refractivity contribution in [2.75, 3.05) is 5.32 Å². The van der Waals surface area contributed by atoms with E-state index in [-0.39, 0.29) is 11.2 Å². The van der Waals surface area contributed by atoms with E-state index in [4.69, 9.17) is 4.42 Å². The summed E-state index contributed by atoms with van der Waals surface area (Å²) in [6, 6.07) is 4.10. The van der Waals surface area contributed by atoms with E-state index in [0.29, 0.717) is 12.6 Å². The maximum absolute atomic E-state index is 12.3. The van der Waals surface area contributed by atoms with Gasteiger partial charge in [0.05, 0.1) is 18.1 Å². The molecular formula is C16H22N4O2S2. The molecule has 1 atom stereocenters. The molecule has 8 heteroatoms. The van der Waals surface area contributed by atoms with Gasteiger partial charge in [0.2, 0.25) is 11.0 Å². The molecule has 3 rings (SSSR count). The average molecular weight is 367 g/mol. The molecule has 0 bridgehead atoms. The summed E-state index contributed by atoms with van der Waals surface area (Å²) in [5, 5.41) is 15.1. The van der Waals surface area contributed by atoms with Crippen molar-refractivity contribution in [1.29, 1.82) is 0 Å². The second kappa shape index (κ2) is 8.53. The Kier molecular flexibility index (Phi) is 6.14. The summed E-state index contributed by atoms with van der Waals surface area (Å²) >= 11 is 2.91. The van der Waals surface area contributed by atoms with Gasteiger partial charge in [0.25, 0.3) is 0 Å². The number of carbonyl (C=O) groups excluding carboxylic acids is 1. The second-order valence-electron chi connectivity index (χ2n) is 5.91.